The van der Waals surface area contributed by atoms with E-state index >= 15 is 0 Å². The lowest BCUT2D eigenvalue weighted by atomic mass is 9.72. The van der Waals surface area contributed by atoms with Gasteiger partial charge in [-0.3, -0.25) is 0 Å². The molecule has 2 bridgehead atoms. The Balaban J connectivity index is 1.56. The molecule has 3 aliphatic rings. The Labute approximate surface area is 345 Å². The van der Waals surface area contributed by atoms with Crippen molar-refractivity contribution in [3.05, 3.63) is 48.6 Å². The average Bonchev–Trinajstić information content (AvgIpc) is 3.90. The molecule has 18 nitrogen and oxygen atoms in total. The predicted molar refractivity (Wildman–Crippen MR) is 214 cm³/mol. The molecular weight excluding hydrogens is 768 g/mol. The van der Waals surface area contributed by atoms with Gasteiger partial charge in [0.15, 0.2) is 0 Å². The maximum Gasteiger partial charge on any atom is 0.333 e. The first-order valence-electron chi connectivity index (χ1n) is 19.9. The van der Waals surface area contributed by atoms with Crippen LogP contribution in [0.3, 0.4) is 0 Å². The van der Waals surface area contributed by atoms with Gasteiger partial charge < -0.3 is 40.2 Å². The quantitative estimate of drug-likeness (QED) is 0.0564. The van der Waals surface area contributed by atoms with Gasteiger partial charge in [-0.05, 0) is 95.3 Å². The Morgan fingerprint density at radius 3 is 1.36 bits per heavy atom. The van der Waals surface area contributed by atoms with Gasteiger partial charge in [-0.15, -0.1) is 0 Å². The molecule has 8 amide bonds. The summed E-state index contributed by atoms with van der Waals surface area (Å²) in [5.41, 5.74) is 0.759. The van der Waals surface area contributed by atoms with Gasteiger partial charge in [0.1, 0.15) is 26.4 Å². The maximum atomic E-state index is 13.4. The summed E-state index contributed by atoms with van der Waals surface area (Å²) in [6.07, 6.45) is 4.70. The van der Waals surface area contributed by atoms with Crippen molar-refractivity contribution in [3.63, 3.8) is 0 Å². The highest BCUT2D eigenvalue weighted by Gasteiger charge is 2.56. The number of imide groups is 2. The number of nitrogens with zero attached hydrogens (tertiary/aromatic N) is 2. The molecule has 3 fully saturated rings. The fourth-order valence-corrected chi connectivity index (χ4v) is 8.06. The summed E-state index contributed by atoms with van der Waals surface area (Å²) in [5.74, 6) is -0.282. The summed E-state index contributed by atoms with van der Waals surface area (Å²) < 4.78 is 20.2. The zero-order valence-electron chi connectivity index (χ0n) is 34.7. The number of carbonyl (C=O) groups is 8. The van der Waals surface area contributed by atoms with Gasteiger partial charge in [-0.1, -0.05) is 26.3 Å². The minimum Gasteiger partial charge on any atom is -0.460 e. The largest absolute Gasteiger partial charge is 0.460 e. The number of carbonyl (C=O) groups excluding carboxylic acids is 8. The third-order valence-electron chi connectivity index (χ3n) is 10.8. The van der Waals surface area contributed by atoms with Crippen LogP contribution in [0.25, 0.3) is 0 Å². The van der Waals surface area contributed by atoms with E-state index in [2.05, 4.69) is 47.6 Å². The van der Waals surface area contributed by atoms with Crippen molar-refractivity contribution >= 4 is 48.0 Å². The number of hydrogen-bond acceptors (Lipinski definition) is 12. The predicted octanol–water partition coefficient (Wildman–Crippen LogP) is 3.59. The Kier molecular flexibility index (Phi) is 18.6. The zero-order chi connectivity index (χ0) is 43.8. The number of urea groups is 4. The van der Waals surface area contributed by atoms with Gasteiger partial charge in [0.05, 0.1) is 26.2 Å². The van der Waals surface area contributed by atoms with Gasteiger partial charge in [-0.2, -0.15) is 0 Å². The normalized spacial score (nSPS) is 20.8. The highest BCUT2D eigenvalue weighted by Crippen LogP contribution is 2.63. The molecule has 3 rings (SSSR count). The van der Waals surface area contributed by atoms with Gasteiger partial charge in [0.2, 0.25) is 0 Å². The van der Waals surface area contributed by atoms with Gasteiger partial charge in [-0.25, -0.2) is 48.2 Å². The molecular formula is C41H60N6O12. The number of hydrogen-bond donors (Lipinski definition) is 4. The van der Waals surface area contributed by atoms with E-state index < -0.39 is 48.0 Å². The third-order valence-corrected chi connectivity index (χ3v) is 10.8. The van der Waals surface area contributed by atoms with Crippen LogP contribution in [0.15, 0.2) is 48.6 Å². The molecule has 3 aliphatic carbocycles. The Hall–Kier alpha value is -5.68. The van der Waals surface area contributed by atoms with Crippen LogP contribution in [-0.4, -0.2) is 123 Å². The van der Waals surface area contributed by atoms with E-state index in [1.165, 1.54) is 27.7 Å². The fourth-order valence-electron chi connectivity index (χ4n) is 8.06. The first kappa shape index (κ1) is 47.7. The lowest BCUT2D eigenvalue weighted by molar-refractivity contribution is -0.139. The number of amides is 8. The number of fused-ring (bicyclic) bond motifs is 5. The Morgan fingerprint density at radius 1 is 0.508 bits per heavy atom. The first-order valence-corrected chi connectivity index (χ1v) is 19.9. The summed E-state index contributed by atoms with van der Waals surface area (Å²) in [7, 11) is 0. The van der Waals surface area contributed by atoms with Crippen molar-refractivity contribution in [2.45, 2.75) is 59.8 Å². The van der Waals surface area contributed by atoms with E-state index in [0.29, 0.717) is 49.1 Å². The van der Waals surface area contributed by atoms with Crippen molar-refractivity contribution in [3.8, 4) is 0 Å². The molecule has 0 radical (unpaired) electrons. The molecule has 0 aromatic carbocycles. The molecule has 0 aromatic rings. The fraction of sp³-hybridized carbons (Fsp3) is 0.610. The van der Waals surface area contributed by atoms with Crippen molar-refractivity contribution in [1.29, 1.82) is 0 Å². The minimum atomic E-state index is -0.757. The molecule has 59 heavy (non-hydrogen) atoms. The van der Waals surface area contributed by atoms with Crippen LogP contribution >= 0.6 is 0 Å². The zero-order valence-corrected chi connectivity index (χ0v) is 34.7. The summed E-state index contributed by atoms with van der Waals surface area (Å²) in [4.78, 5) is 102. The highest BCUT2D eigenvalue weighted by atomic mass is 16.5. The number of esters is 4. The van der Waals surface area contributed by atoms with Crippen LogP contribution < -0.4 is 21.3 Å². The lowest BCUT2D eigenvalue weighted by Crippen LogP contribution is -2.51. The van der Waals surface area contributed by atoms with Gasteiger partial charge in [0, 0.05) is 35.4 Å². The van der Waals surface area contributed by atoms with E-state index in [1.54, 1.807) is 0 Å². The summed E-state index contributed by atoms with van der Waals surface area (Å²) in [6, 6.07) is -2.84. The Morgan fingerprint density at radius 2 is 0.915 bits per heavy atom. The topological polar surface area (TPSA) is 228 Å². The van der Waals surface area contributed by atoms with E-state index in [9.17, 15) is 38.4 Å². The van der Waals surface area contributed by atoms with E-state index in [-0.39, 0.29) is 80.8 Å². The molecule has 0 aromatic heterocycles. The van der Waals surface area contributed by atoms with Crippen molar-refractivity contribution in [2.75, 3.05) is 65.7 Å². The molecule has 326 valence electrons. The second kappa shape index (κ2) is 23.0. The molecule has 6 atom stereocenters. The molecule has 0 heterocycles. The summed E-state index contributed by atoms with van der Waals surface area (Å²) in [5, 5.41) is 10.8. The molecule has 4 N–H and O–H groups in total. The SMILES string of the molecule is C=C(C)C(=O)OCCNC(=O)N(CCOC(=O)C(=C)C)C(=O)NCCC1CCC2C3CC(CNC(=O)N(CCOC(=O)C(=C)C)C(=O)NCCOC(=O)C(=C)C)C(C3)C12. The summed E-state index contributed by atoms with van der Waals surface area (Å²) >= 11 is 0. The summed E-state index contributed by atoms with van der Waals surface area (Å²) in [6.45, 7) is 19.3. The highest BCUT2D eigenvalue weighted by molar-refractivity contribution is 5.94. The molecule has 0 saturated heterocycles. The second-order valence-electron chi connectivity index (χ2n) is 15.4. The Bertz CT molecular complexity index is 1660. The number of rotatable bonds is 21. The molecule has 18 heteroatoms. The maximum absolute atomic E-state index is 13.4. The van der Waals surface area contributed by atoms with Crippen LogP contribution in [-0.2, 0) is 38.1 Å². The van der Waals surface area contributed by atoms with Crippen molar-refractivity contribution in [2.24, 2.45) is 35.5 Å². The van der Waals surface area contributed by atoms with Gasteiger partial charge >= 0.3 is 48.0 Å². The van der Waals surface area contributed by atoms with Crippen molar-refractivity contribution in [1.82, 2.24) is 31.1 Å². The smallest absolute Gasteiger partial charge is 0.333 e. The molecule has 0 aliphatic heterocycles. The van der Waals surface area contributed by atoms with Crippen LogP contribution in [0, 0.1) is 35.5 Å². The van der Waals surface area contributed by atoms with E-state index in [0.717, 1.165) is 35.5 Å². The number of ether oxygens (including phenoxy) is 4. The van der Waals surface area contributed by atoms with Crippen LogP contribution in [0.5, 0.6) is 0 Å². The minimum absolute atomic E-state index is 0.0602. The second-order valence-corrected chi connectivity index (χ2v) is 15.4. The van der Waals surface area contributed by atoms with Crippen LogP contribution in [0.1, 0.15) is 59.8 Å². The van der Waals surface area contributed by atoms with Crippen molar-refractivity contribution < 1.29 is 57.3 Å². The lowest BCUT2D eigenvalue weighted by Gasteiger charge is -2.35. The number of nitrogens with one attached hydrogen (secondary N) is 4. The first-order chi connectivity index (χ1) is 27.9. The third kappa shape index (κ3) is 14.3. The van der Waals surface area contributed by atoms with Crippen LogP contribution in [0.4, 0.5) is 19.2 Å². The molecule has 3 saturated carbocycles. The van der Waals surface area contributed by atoms with Crippen LogP contribution in [0.2, 0.25) is 0 Å². The molecule has 0 spiro atoms. The van der Waals surface area contributed by atoms with Gasteiger partial charge in [0.25, 0.3) is 0 Å². The van der Waals surface area contributed by atoms with E-state index in [1.807, 2.05) is 0 Å². The monoisotopic (exact) mass is 828 g/mol. The standard InChI is InChI=1S/C41H60N6O12/c1-24(2)34(48)56-17-13-43-39(53)46(15-19-58-36(50)26(5)6)38(52)42-12-11-28-9-10-31-29-21-30(32(22-29)33(28)31)23-45-41(55)47(16-20-59-37(51)27(7)8)40(54)44-14-18-57-35(49)25(3)4/h28-33H,1,3,5,7,9-23H2,2,4,6,8H3,(H,42,52)(H,43,53)(H,44,54)(H,45,55). The average molecular weight is 829 g/mol. The molecule has 6 unspecified atom stereocenters. The van der Waals surface area contributed by atoms with E-state index in [4.69, 9.17) is 18.9 Å².